The second kappa shape index (κ2) is 6.34. The second-order valence-corrected chi connectivity index (χ2v) is 6.57. The van der Waals surface area contributed by atoms with Crippen LogP contribution in [0.15, 0.2) is 42.9 Å². The SMILES string of the molecule is CC1CN(Cc2c(-c3cccnc3)[nH]c3cccnc23)CC(C)O1. The third kappa shape index (κ3) is 2.92. The minimum absolute atomic E-state index is 0.258. The lowest BCUT2D eigenvalue weighted by atomic mass is 10.1. The number of nitrogens with one attached hydrogen (secondary N) is 1. The summed E-state index contributed by atoms with van der Waals surface area (Å²) in [4.78, 5) is 14.9. The van der Waals surface area contributed by atoms with Crippen LogP contribution in [0.4, 0.5) is 0 Å². The van der Waals surface area contributed by atoms with Gasteiger partial charge in [0, 0.05) is 49.4 Å². The summed E-state index contributed by atoms with van der Waals surface area (Å²) in [6.45, 7) is 7.02. The van der Waals surface area contributed by atoms with Crippen molar-refractivity contribution < 1.29 is 4.74 Å². The van der Waals surface area contributed by atoms with Gasteiger partial charge in [-0.05, 0) is 38.1 Å². The minimum atomic E-state index is 0.258. The fourth-order valence-corrected chi connectivity index (χ4v) is 3.62. The van der Waals surface area contributed by atoms with Gasteiger partial charge in [0.05, 0.1) is 28.9 Å². The molecule has 0 bridgehead atoms. The first-order chi connectivity index (χ1) is 11.7. The minimum Gasteiger partial charge on any atom is -0.373 e. The Labute approximate surface area is 141 Å². The molecule has 0 aromatic carbocycles. The Kier molecular flexibility index (Phi) is 4.04. The monoisotopic (exact) mass is 322 g/mol. The summed E-state index contributed by atoms with van der Waals surface area (Å²) >= 11 is 0. The number of hydrogen-bond donors (Lipinski definition) is 1. The van der Waals surface area contributed by atoms with Crippen molar-refractivity contribution in [3.05, 3.63) is 48.4 Å². The van der Waals surface area contributed by atoms with Gasteiger partial charge in [0.1, 0.15) is 0 Å². The van der Waals surface area contributed by atoms with Crippen LogP contribution in [0.3, 0.4) is 0 Å². The Balaban J connectivity index is 1.75. The summed E-state index contributed by atoms with van der Waals surface area (Å²) < 4.78 is 5.86. The number of hydrogen-bond acceptors (Lipinski definition) is 4. The van der Waals surface area contributed by atoms with E-state index in [-0.39, 0.29) is 12.2 Å². The van der Waals surface area contributed by atoms with Crippen molar-refractivity contribution in [2.45, 2.75) is 32.6 Å². The first kappa shape index (κ1) is 15.3. The molecule has 24 heavy (non-hydrogen) atoms. The summed E-state index contributed by atoms with van der Waals surface area (Å²) in [7, 11) is 0. The van der Waals surface area contributed by atoms with Crippen LogP contribution in [0.25, 0.3) is 22.3 Å². The molecule has 0 saturated carbocycles. The van der Waals surface area contributed by atoms with Gasteiger partial charge in [-0.2, -0.15) is 0 Å². The Bertz CT molecular complexity index is 820. The quantitative estimate of drug-likeness (QED) is 0.804. The van der Waals surface area contributed by atoms with Crippen molar-refractivity contribution in [3.63, 3.8) is 0 Å². The third-order valence-corrected chi connectivity index (χ3v) is 4.48. The number of H-pyrrole nitrogens is 1. The zero-order chi connectivity index (χ0) is 16.5. The molecule has 2 atom stereocenters. The molecular formula is C19H22N4O. The van der Waals surface area contributed by atoms with Crippen molar-refractivity contribution in [3.8, 4) is 11.3 Å². The normalized spacial score (nSPS) is 22.1. The summed E-state index contributed by atoms with van der Waals surface area (Å²) in [5, 5.41) is 0. The smallest absolute Gasteiger partial charge is 0.0930 e. The molecule has 5 nitrogen and oxygen atoms in total. The van der Waals surface area contributed by atoms with Gasteiger partial charge in [-0.15, -0.1) is 0 Å². The van der Waals surface area contributed by atoms with Gasteiger partial charge in [-0.3, -0.25) is 14.9 Å². The Morgan fingerprint density at radius 3 is 2.71 bits per heavy atom. The Morgan fingerprint density at radius 1 is 1.17 bits per heavy atom. The van der Waals surface area contributed by atoms with Crippen molar-refractivity contribution in [1.29, 1.82) is 0 Å². The number of pyridine rings is 2. The number of rotatable bonds is 3. The van der Waals surface area contributed by atoms with Crippen LogP contribution in [0.1, 0.15) is 19.4 Å². The first-order valence-electron chi connectivity index (χ1n) is 8.44. The van der Waals surface area contributed by atoms with Crippen LogP contribution in [-0.4, -0.2) is 45.1 Å². The van der Waals surface area contributed by atoms with E-state index >= 15 is 0 Å². The molecule has 1 saturated heterocycles. The highest BCUT2D eigenvalue weighted by Gasteiger charge is 2.24. The van der Waals surface area contributed by atoms with E-state index in [1.807, 2.05) is 24.5 Å². The number of ether oxygens (including phenoxy) is 1. The van der Waals surface area contributed by atoms with Gasteiger partial charge in [0.15, 0.2) is 0 Å². The molecular weight excluding hydrogens is 300 g/mol. The molecule has 1 aliphatic heterocycles. The van der Waals surface area contributed by atoms with Crippen LogP contribution in [0.5, 0.6) is 0 Å². The molecule has 1 fully saturated rings. The standard InChI is InChI=1S/C19H22N4O/c1-13-10-23(11-14(2)24-13)12-16-18(15-5-3-7-20-9-15)22-17-6-4-8-21-19(16)17/h3-9,13-14,22H,10-12H2,1-2H3. The van der Waals surface area contributed by atoms with Crippen molar-refractivity contribution in [2.24, 2.45) is 0 Å². The molecule has 0 radical (unpaired) electrons. The maximum absolute atomic E-state index is 5.86. The lowest BCUT2D eigenvalue weighted by Gasteiger charge is -2.35. The van der Waals surface area contributed by atoms with Crippen molar-refractivity contribution in [1.82, 2.24) is 19.9 Å². The molecule has 124 valence electrons. The fraction of sp³-hybridized carbons (Fsp3) is 0.368. The highest BCUT2D eigenvalue weighted by atomic mass is 16.5. The fourth-order valence-electron chi connectivity index (χ4n) is 3.62. The van der Waals surface area contributed by atoms with E-state index in [1.54, 1.807) is 6.20 Å². The molecule has 1 N–H and O–H groups in total. The van der Waals surface area contributed by atoms with Crippen molar-refractivity contribution >= 4 is 11.0 Å². The predicted octanol–water partition coefficient (Wildman–Crippen LogP) is 3.23. The predicted molar refractivity (Wildman–Crippen MR) is 94.6 cm³/mol. The molecule has 1 aliphatic rings. The average molecular weight is 322 g/mol. The topological polar surface area (TPSA) is 54.0 Å². The number of morpholine rings is 1. The molecule has 3 aromatic rings. The van der Waals surface area contributed by atoms with Gasteiger partial charge in [0.25, 0.3) is 0 Å². The molecule has 0 aliphatic carbocycles. The number of aromatic amines is 1. The van der Waals surface area contributed by atoms with E-state index in [0.29, 0.717) is 0 Å². The summed E-state index contributed by atoms with van der Waals surface area (Å²) in [5.41, 5.74) is 5.56. The van der Waals surface area contributed by atoms with E-state index < -0.39 is 0 Å². The van der Waals surface area contributed by atoms with E-state index in [1.165, 1.54) is 5.56 Å². The van der Waals surface area contributed by atoms with Crippen LogP contribution >= 0.6 is 0 Å². The Morgan fingerprint density at radius 2 is 1.96 bits per heavy atom. The molecule has 2 unspecified atom stereocenters. The molecule has 4 rings (SSSR count). The molecule has 5 heteroatoms. The van der Waals surface area contributed by atoms with E-state index in [2.05, 4.69) is 45.8 Å². The number of nitrogens with zero attached hydrogens (tertiary/aromatic N) is 3. The summed E-state index contributed by atoms with van der Waals surface area (Å²) in [6.07, 6.45) is 6.08. The third-order valence-electron chi connectivity index (χ3n) is 4.48. The maximum Gasteiger partial charge on any atom is 0.0930 e. The van der Waals surface area contributed by atoms with E-state index in [9.17, 15) is 0 Å². The highest BCUT2D eigenvalue weighted by Crippen LogP contribution is 2.30. The average Bonchev–Trinajstić information content (AvgIpc) is 2.94. The number of aromatic nitrogens is 3. The number of fused-ring (bicyclic) bond motifs is 1. The molecule has 3 aromatic heterocycles. The maximum atomic E-state index is 5.86. The van der Waals surface area contributed by atoms with E-state index in [0.717, 1.165) is 41.9 Å². The lowest BCUT2D eigenvalue weighted by Crippen LogP contribution is -2.44. The lowest BCUT2D eigenvalue weighted by molar-refractivity contribution is -0.0703. The van der Waals surface area contributed by atoms with Crippen molar-refractivity contribution in [2.75, 3.05) is 13.1 Å². The zero-order valence-electron chi connectivity index (χ0n) is 14.1. The van der Waals surface area contributed by atoms with Gasteiger partial charge in [-0.1, -0.05) is 0 Å². The Hall–Kier alpha value is -2.24. The first-order valence-corrected chi connectivity index (χ1v) is 8.44. The van der Waals surface area contributed by atoms with Gasteiger partial charge in [-0.25, -0.2) is 0 Å². The molecule has 0 spiro atoms. The van der Waals surface area contributed by atoms with Gasteiger partial charge in [0.2, 0.25) is 0 Å². The van der Waals surface area contributed by atoms with Gasteiger partial charge < -0.3 is 9.72 Å². The zero-order valence-corrected chi connectivity index (χ0v) is 14.1. The van der Waals surface area contributed by atoms with E-state index in [4.69, 9.17) is 4.74 Å². The van der Waals surface area contributed by atoms with Gasteiger partial charge >= 0.3 is 0 Å². The largest absolute Gasteiger partial charge is 0.373 e. The van der Waals surface area contributed by atoms with Crippen LogP contribution < -0.4 is 0 Å². The van der Waals surface area contributed by atoms with Crippen LogP contribution in [0, 0.1) is 0 Å². The summed E-state index contributed by atoms with van der Waals surface area (Å²) in [6, 6.07) is 8.10. The van der Waals surface area contributed by atoms with Crippen LogP contribution in [0.2, 0.25) is 0 Å². The second-order valence-electron chi connectivity index (χ2n) is 6.57. The van der Waals surface area contributed by atoms with Crippen LogP contribution in [-0.2, 0) is 11.3 Å². The molecule has 4 heterocycles. The molecule has 0 amide bonds. The highest BCUT2D eigenvalue weighted by molar-refractivity contribution is 5.87. The summed E-state index contributed by atoms with van der Waals surface area (Å²) in [5.74, 6) is 0.